The normalized spacial score (nSPS) is 13.1. The quantitative estimate of drug-likeness (QED) is 0.500. The fourth-order valence-electron chi connectivity index (χ4n) is 3.32. The van der Waals surface area contributed by atoms with E-state index in [0.29, 0.717) is 35.7 Å². The van der Waals surface area contributed by atoms with Gasteiger partial charge in [0.1, 0.15) is 0 Å². The highest BCUT2D eigenvalue weighted by molar-refractivity contribution is 7.99. The second-order valence-electron chi connectivity index (χ2n) is 7.67. The molecule has 1 aliphatic rings. The number of ether oxygens (including phenoxy) is 2. The van der Waals surface area contributed by atoms with Crippen molar-refractivity contribution in [2.45, 2.75) is 38.0 Å². The topological polar surface area (TPSA) is 78.3 Å². The van der Waals surface area contributed by atoms with E-state index >= 15 is 0 Å². The Kier molecular flexibility index (Phi) is 7.22. The van der Waals surface area contributed by atoms with Crippen LogP contribution in [0.15, 0.2) is 47.6 Å². The number of nitrogens with zero attached hydrogens (tertiary/aromatic N) is 3. The van der Waals surface area contributed by atoms with Crippen LogP contribution in [0.25, 0.3) is 11.4 Å². The fraction of sp³-hybridized carbons (Fsp3) is 0.348. The van der Waals surface area contributed by atoms with Crippen LogP contribution >= 0.6 is 23.4 Å². The Morgan fingerprint density at radius 2 is 1.88 bits per heavy atom. The van der Waals surface area contributed by atoms with E-state index < -0.39 is 0 Å². The van der Waals surface area contributed by atoms with Crippen molar-refractivity contribution < 1.29 is 14.3 Å². The van der Waals surface area contributed by atoms with Gasteiger partial charge in [-0.3, -0.25) is 9.36 Å². The van der Waals surface area contributed by atoms with Crippen molar-refractivity contribution in [2.24, 2.45) is 0 Å². The molecule has 0 unspecified atom stereocenters. The molecule has 0 fully saturated rings. The molecule has 0 saturated heterocycles. The molecule has 0 bridgehead atoms. The van der Waals surface area contributed by atoms with Crippen LogP contribution < -0.4 is 14.8 Å². The van der Waals surface area contributed by atoms with Crippen LogP contribution in [0, 0.1) is 0 Å². The van der Waals surface area contributed by atoms with Crippen LogP contribution in [-0.4, -0.2) is 39.6 Å². The van der Waals surface area contributed by atoms with Crippen molar-refractivity contribution in [1.29, 1.82) is 0 Å². The number of nitrogens with one attached hydrogen (secondary N) is 1. The van der Waals surface area contributed by atoms with Gasteiger partial charge < -0.3 is 14.8 Å². The van der Waals surface area contributed by atoms with Crippen LogP contribution in [0.4, 0.5) is 0 Å². The molecule has 1 aliphatic heterocycles. The Labute approximate surface area is 196 Å². The van der Waals surface area contributed by atoms with Crippen LogP contribution in [0.2, 0.25) is 5.02 Å². The van der Waals surface area contributed by atoms with Crippen LogP contribution in [0.3, 0.4) is 0 Å². The molecule has 2 heterocycles. The van der Waals surface area contributed by atoms with E-state index in [1.165, 1.54) is 11.8 Å². The smallest absolute Gasteiger partial charge is 0.230 e. The number of fused-ring (bicyclic) bond motifs is 1. The standard InChI is InChI=1S/C23H25ClN4O3S/c1-15(2)28-22(17-6-9-19-20(12-17)31-11-3-10-30-19)26-27-23(28)32-14-21(29)25-13-16-4-7-18(24)8-5-16/h4-9,12,15H,3,10-11,13-14H2,1-2H3,(H,25,29). The van der Waals surface area contributed by atoms with Crippen molar-refractivity contribution in [3.63, 3.8) is 0 Å². The SMILES string of the molecule is CC(C)n1c(SCC(=O)NCc2ccc(Cl)cc2)nnc1-c1ccc2c(c1)OCCCO2. The predicted molar refractivity (Wildman–Crippen MR) is 125 cm³/mol. The molecule has 1 aromatic heterocycles. The molecule has 0 aliphatic carbocycles. The molecular weight excluding hydrogens is 448 g/mol. The maximum absolute atomic E-state index is 12.4. The van der Waals surface area contributed by atoms with Crippen LogP contribution in [0.5, 0.6) is 11.5 Å². The second-order valence-corrected chi connectivity index (χ2v) is 9.05. The molecule has 9 heteroatoms. The molecule has 7 nitrogen and oxygen atoms in total. The first-order valence-electron chi connectivity index (χ1n) is 10.5. The first-order chi connectivity index (χ1) is 15.5. The molecule has 2 aromatic carbocycles. The zero-order valence-electron chi connectivity index (χ0n) is 18.0. The number of rotatable bonds is 7. The summed E-state index contributed by atoms with van der Waals surface area (Å²) in [5, 5.41) is 13.1. The average Bonchev–Trinajstić information content (AvgIpc) is 3.08. The average molecular weight is 473 g/mol. The summed E-state index contributed by atoms with van der Waals surface area (Å²) in [6, 6.07) is 13.3. The first kappa shape index (κ1) is 22.5. The number of carbonyl (C=O) groups is 1. The summed E-state index contributed by atoms with van der Waals surface area (Å²) in [5.41, 5.74) is 1.89. The molecule has 4 rings (SSSR count). The Bertz CT molecular complexity index is 1090. The van der Waals surface area contributed by atoms with Gasteiger partial charge in [-0.15, -0.1) is 10.2 Å². The minimum absolute atomic E-state index is 0.0691. The van der Waals surface area contributed by atoms with Gasteiger partial charge in [-0.1, -0.05) is 35.5 Å². The molecule has 1 amide bonds. The molecule has 168 valence electrons. The van der Waals surface area contributed by atoms with Crippen LogP contribution in [0.1, 0.15) is 31.9 Å². The molecule has 3 aromatic rings. The molecule has 1 N–H and O–H groups in total. The Hall–Kier alpha value is -2.71. The van der Waals surface area contributed by atoms with E-state index in [0.717, 1.165) is 29.1 Å². The minimum atomic E-state index is -0.0691. The van der Waals surface area contributed by atoms with Gasteiger partial charge in [0.25, 0.3) is 0 Å². The summed E-state index contributed by atoms with van der Waals surface area (Å²) >= 11 is 7.27. The predicted octanol–water partition coefficient (Wildman–Crippen LogP) is 4.75. The lowest BCUT2D eigenvalue weighted by Crippen LogP contribution is -2.24. The second kappa shape index (κ2) is 10.3. The molecular formula is C23H25ClN4O3S. The third-order valence-electron chi connectivity index (χ3n) is 4.92. The molecule has 0 radical (unpaired) electrons. The Balaban J connectivity index is 1.44. The summed E-state index contributed by atoms with van der Waals surface area (Å²) in [6.45, 7) is 5.87. The first-order valence-corrected chi connectivity index (χ1v) is 11.9. The number of amides is 1. The fourth-order valence-corrected chi connectivity index (χ4v) is 4.35. The van der Waals surface area contributed by atoms with Gasteiger partial charge in [0.15, 0.2) is 22.5 Å². The van der Waals surface area contributed by atoms with Gasteiger partial charge in [-0.05, 0) is 49.7 Å². The zero-order chi connectivity index (χ0) is 22.5. The molecule has 32 heavy (non-hydrogen) atoms. The largest absolute Gasteiger partial charge is 0.490 e. The lowest BCUT2D eigenvalue weighted by Gasteiger charge is -2.15. The third kappa shape index (κ3) is 5.37. The highest BCUT2D eigenvalue weighted by Gasteiger charge is 2.20. The lowest BCUT2D eigenvalue weighted by atomic mass is 10.2. The van der Waals surface area contributed by atoms with E-state index in [-0.39, 0.29) is 17.7 Å². The number of carbonyl (C=O) groups excluding carboxylic acids is 1. The molecule has 0 spiro atoms. The Morgan fingerprint density at radius 1 is 1.12 bits per heavy atom. The van der Waals surface area contributed by atoms with Crippen molar-refractivity contribution >= 4 is 29.3 Å². The van der Waals surface area contributed by atoms with Crippen LogP contribution in [-0.2, 0) is 11.3 Å². The third-order valence-corrected chi connectivity index (χ3v) is 6.12. The summed E-state index contributed by atoms with van der Waals surface area (Å²) in [6.07, 6.45) is 0.854. The summed E-state index contributed by atoms with van der Waals surface area (Å²) in [7, 11) is 0. The number of hydrogen-bond donors (Lipinski definition) is 1. The minimum Gasteiger partial charge on any atom is -0.490 e. The van der Waals surface area contributed by atoms with Gasteiger partial charge >= 0.3 is 0 Å². The van der Waals surface area contributed by atoms with Crippen molar-refractivity contribution in [3.8, 4) is 22.9 Å². The number of thioether (sulfide) groups is 1. The maximum atomic E-state index is 12.4. The summed E-state index contributed by atoms with van der Waals surface area (Å²) in [5.74, 6) is 2.38. The van der Waals surface area contributed by atoms with Crippen molar-refractivity contribution in [1.82, 2.24) is 20.1 Å². The number of hydrogen-bond acceptors (Lipinski definition) is 6. The van der Waals surface area contributed by atoms with Gasteiger partial charge in [0.2, 0.25) is 5.91 Å². The summed E-state index contributed by atoms with van der Waals surface area (Å²) < 4.78 is 13.6. The highest BCUT2D eigenvalue weighted by Crippen LogP contribution is 2.35. The van der Waals surface area contributed by atoms with E-state index in [9.17, 15) is 4.79 Å². The highest BCUT2D eigenvalue weighted by atomic mass is 35.5. The lowest BCUT2D eigenvalue weighted by molar-refractivity contribution is -0.118. The van der Waals surface area contributed by atoms with E-state index in [2.05, 4.69) is 29.4 Å². The van der Waals surface area contributed by atoms with Gasteiger partial charge in [-0.25, -0.2) is 0 Å². The van der Waals surface area contributed by atoms with E-state index in [1.807, 2.05) is 47.0 Å². The van der Waals surface area contributed by atoms with Gasteiger partial charge in [0.05, 0.1) is 19.0 Å². The Morgan fingerprint density at radius 3 is 2.62 bits per heavy atom. The maximum Gasteiger partial charge on any atom is 0.230 e. The number of benzene rings is 2. The van der Waals surface area contributed by atoms with Crippen molar-refractivity contribution in [2.75, 3.05) is 19.0 Å². The van der Waals surface area contributed by atoms with E-state index in [1.54, 1.807) is 0 Å². The van der Waals surface area contributed by atoms with Gasteiger partial charge in [-0.2, -0.15) is 0 Å². The monoisotopic (exact) mass is 472 g/mol. The summed E-state index contributed by atoms with van der Waals surface area (Å²) in [4.78, 5) is 12.4. The molecule has 0 atom stereocenters. The van der Waals surface area contributed by atoms with Crippen molar-refractivity contribution in [3.05, 3.63) is 53.1 Å². The number of aromatic nitrogens is 3. The molecule has 0 saturated carbocycles. The van der Waals surface area contributed by atoms with E-state index in [4.69, 9.17) is 21.1 Å². The van der Waals surface area contributed by atoms with Gasteiger partial charge in [0, 0.05) is 29.6 Å². The number of halogens is 1. The zero-order valence-corrected chi connectivity index (χ0v) is 19.6.